The van der Waals surface area contributed by atoms with Crippen molar-refractivity contribution in [1.29, 1.82) is 0 Å². The van der Waals surface area contributed by atoms with Crippen LogP contribution in [0.15, 0.2) is 0 Å². The Morgan fingerprint density at radius 3 is 2.17 bits per heavy atom. The molecule has 0 rings (SSSR count). The van der Waals surface area contributed by atoms with Crippen LogP contribution in [0, 0.1) is 0 Å². The molecule has 0 aromatic rings. The van der Waals surface area contributed by atoms with E-state index in [1.165, 1.54) is 44.9 Å². The molecule has 0 aliphatic heterocycles. The van der Waals surface area contributed by atoms with Crippen molar-refractivity contribution in [2.75, 3.05) is 13.2 Å². The Morgan fingerprint density at radius 2 is 1.61 bits per heavy atom. The van der Waals surface area contributed by atoms with Crippen LogP contribution in [0.2, 0.25) is 0 Å². The lowest BCUT2D eigenvalue weighted by Crippen LogP contribution is -2.37. The number of rotatable bonds is 11. The van der Waals surface area contributed by atoms with E-state index in [1.54, 1.807) is 0 Å². The molecule has 0 amide bonds. The second kappa shape index (κ2) is 10.8. The van der Waals surface area contributed by atoms with Gasteiger partial charge >= 0.3 is 0 Å². The van der Waals surface area contributed by atoms with Gasteiger partial charge in [-0.1, -0.05) is 46.0 Å². The molecule has 0 aliphatic carbocycles. The summed E-state index contributed by atoms with van der Waals surface area (Å²) in [5, 5.41) is 3.61. The third-order valence-corrected chi connectivity index (χ3v) is 3.06. The number of nitrogens with one attached hydrogen (secondary N) is 1. The standard InChI is InChI=1S/C16H35NO/c1-6-8-9-10-11-12-15(17-13-7-2)14-18-16(3,4)5/h15,17H,6-14H2,1-5H3. The van der Waals surface area contributed by atoms with Crippen LogP contribution in [-0.4, -0.2) is 24.8 Å². The van der Waals surface area contributed by atoms with Gasteiger partial charge in [0.05, 0.1) is 12.2 Å². The van der Waals surface area contributed by atoms with Gasteiger partial charge in [-0.25, -0.2) is 0 Å². The molecule has 2 heteroatoms. The topological polar surface area (TPSA) is 21.3 Å². The van der Waals surface area contributed by atoms with Gasteiger partial charge in [0.2, 0.25) is 0 Å². The second-order valence-corrected chi connectivity index (χ2v) is 6.28. The normalized spacial score (nSPS) is 13.8. The Hall–Kier alpha value is -0.0800. The summed E-state index contributed by atoms with van der Waals surface area (Å²) in [5.74, 6) is 0. The molecule has 2 nitrogen and oxygen atoms in total. The molecule has 110 valence electrons. The van der Waals surface area contributed by atoms with Crippen molar-refractivity contribution in [3.05, 3.63) is 0 Å². The largest absolute Gasteiger partial charge is 0.374 e. The van der Waals surface area contributed by atoms with Gasteiger partial charge in [-0.3, -0.25) is 0 Å². The Bertz CT molecular complexity index is 174. The SMILES string of the molecule is CCCCCCCC(COC(C)(C)C)NCCC. The molecule has 18 heavy (non-hydrogen) atoms. The van der Waals surface area contributed by atoms with Gasteiger partial charge in [0.15, 0.2) is 0 Å². The van der Waals surface area contributed by atoms with Crippen LogP contribution in [0.5, 0.6) is 0 Å². The van der Waals surface area contributed by atoms with E-state index in [0.29, 0.717) is 6.04 Å². The van der Waals surface area contributed by atoms with Crippen LogP contribution in [0.1, 0.15) is 79.6 Å². The molecule has 0 radical (unpaired) electrons. The molecule has 0 fully saturated rings. The number of hydrogen-bond donors (Lipinski definition) is 1. The third-order valence-electron chi connectivity index (χ3n) is 3.06. The van der Waals surface area contributed by atoms with Crippen molar-refractivity contribution in [2.45, 2.75) is 91.2 Å². The fourth-order valence-electron chi connectivity index (χ4n) is 1.94. The van der Waals surface area contributed by atoms with Crippen molar-refractivity contribution < 1.29 is 4.74 Å². The first-order valence-corrected chi connectivity index (χ1v) is 7.87. The van der Waals surface area contributed by atoms with Crippen LogP contribution in [0.25, 0.3) is 0 Å². The van der Waals surface area contributed by atoms with Gasteiger partial charge in [0, 0.05) is 6.04 Å². The van der Waals surface area contributed by atoms with E-state index in [9.17, 15) is 0 Å². The average molecular weight is 257 g/mol. The highest BCUT2D eigenvalue weighted by molar-refractivity contribution is 4.69. The maximum Gasteiger partial charge on any atom is 0.0626 e. The second-order valence-electron chi connectivity index (χ2n) is 6.28. The van der Waals surface area contributed by atoms with Crippen LogP contribution in [0.4, 0.5) is 0 Å². The summed E-state index contributed by atoms with van der Waals surface area (Å²) in [6.45, 7) is 12.8. The fourth-order valence-corrected chi connectivity index (χ4v) is 1.94. The smallest absolute Gasteiger partial charge is 0.0626 e. The minimum absolute atomic E-state index is 0.0195. The van der Waals surface area contributed by atoms with E-state index in [0.717, 1.165) is 13.2 Å². The molecule has 0 aromatic carbocycles. The van der Waals surface area contributed by atoms with Crippen molar-refractivity contribution in [2.24, 2.45) is 0 Å². The maximum atomic E-state index is 5.90. The highest BCUT2D eigenvalue weighted by Gasteiger charge is 2.14. The van der Waals surface area contributed by atoms with E-state index in [4.69, 9.17) is 4.74 Å². The molecular formula is C16H35NO. The molecule has 0 heterocycles. The van der Waals surface area contributed by atoms with Crippen molar-refractivity contribution >= 4 is 0 Å². The Balaban J connectivity index is 3.76. The van der Waals surface area contributed by atoms with Crippen LogP contribution < -0.4 is 5.32 Å². The zero-order valence-electron chi connectivity index (χ0n) is 13.3. The number of unbranched alkanes of at least 4 members (excludes halogenated alkanes) is 4. The maximum absolute atomic E-state index is 5.90. The van der Waals surface area contributed by atoms with Gasteiger partial charge in [-0.2, -0.15) is 0 Å². The molecule has 0 spiro atoms. The zero-order chi connectivity index (χ0) is 13.9. The minimum atomic E-state index is -0.0195. The minimum Gasteiger partial charge on any atom is -0.374 e. The highest BCUT2D eigenvalue weighted by Crippen LogP contribution is 2.11. The summed E-state index contributed by atoms with van der Waals surface area (Å²) in [4.78, 5) is 0. The Labute approximate surface area is 115 Å². The fraction of sp³-hybridized carbons (Fsp3) is 1.00. The summed E-state index contributed by atoms with van der Waals surface area (Å²) in [7, 11) is 0. The van der Waals surface area contributed by atoms with E-state index in [1.807, 2.05) is 0 Å². The van der Waals surface area contributed by atoms with E-state index in [2.05, 4.69) is 39.9 Å². The van der Waals surface area contributed by atoms with Gasteiger partial charge in [-0.05, 0) is 40.2 Å². The van der Waals surface area contributed by atoms with E-state index in [-0.39, 0.29) is 5.60 Å². The van der Waals surface area contributed by atoms with Gasteiger partial charge in [0.1, 0.15) is 0 Å². The number of ether oxygens (including phenoxy) is 1. The lowest BCUT2D eigenvalue weighted by molar-refractivity contribution is -0.0156. The van der Waals surface area contributed by atoms with Crippen LogP contribution in [-0.2, 0) is 4.74 Å². The first kappa shape index (κ1) is 17.9. The first-order valence-electron chi connectivity index (χ1n) is 7.87. The molecule has 0 bridgehead atoms. The summed E-state index contributed by atoms with van der Waals surface area (Å²) < 4.78 is 5.90. The summed E-state index contributed by atoms with van der Waals surface area (Å²) in [6, 6.07) is 0.533. The summed E-state index contributed by atoms with van der Waals surface area (Å²) in [6.07, 6.45) is 9.23. The average Bonchev–Trinajstić information content (AvgIpc) is 2.30. The summed E-state index contributed by atoms with van der Waals surface area (Å²) >= 11 is 0. The number of hydrogen-bond acceptors (Lipinski definition) is 2. The predicted molar refractivity (Wildman–Crippen MR) is 81.2 cm³/mol. The van der Waals surface area contributed by atoms with Crippen LogP contribution >= 0.6 is 0 Å². The zero-order valence-corrected chi connectivity index (χ0v) is 13.3. The monoisotopic (exact) mass is 257 g/mol. The summed E-state index contributed by atoms with van der Waals surface area (Å²) in [5.41, 5.74) is -0.0195. The third kappa shape index (κ3) is 12.4. The van der Waals surface area contributed by atoms with E-state index >= 15 is 0 Å². The van der Waals surface area contributed by atoms with Crippen LogP contribution in [0.3, 0.4) is 0 Å². The van der Waals surface area contributed by atoms with Crippen molar-refractivity contribution in [3.63, 3.8) is 0 Å². The quantitative estimate of drug-likeness (QED) is 0.549. The van der Waals surface area contributed by atoms with Crippen molar-refractivity contribution in [1.82, 2.24) is 5.32 Å². The lowest BCUT2D eigenvalue weighted by atomic mass is 10.1. The van der Waals surface area contributed by atoms with Gasteiger partial charge < -0.3 is 10.1 Å². The molecular weight excluding hydrogens is 222 g/mol. The molecule has 1 atom stereocenters. The van der Waals surface area contributed by atoms with Crippen molar-refractivity contribution in [3.8, 4) is 0 Å². The molecule has 1 unspecified atom stereocenters. The first-order chi connectivity index (χ1) is 8.49. The highest BCUT2D eigenvalue weighted by atomic mass is 16.5. The predicted octanol–water partition coefficient (Wildman–Crippen LogP) is 4.53. The van der Waals surface area contributed by atoms with Gasteiger partial charge in [-0.15, -0.1) is 0 Å². The molecule has 0 aromatic heterocycles. The molecule has 0 saturated carbocycles. The van der Waals surface area contributed by atoms with E-state index < -0.39 is 0 Å². The molecule has 1 N–H and O–H groups in total. The lowest BCUT2D eigenvalue weighted by Gasteiger charge is -2.25. The van der Waals surface area contributed by atoms with Gasteiger partial charge in [0.25, 0.3) is 0 Å². The Morgan fingerprint density at radius 1 is 0.944 bits per heavy atom. The molecule has 0 saturated heterocycles. The Kier molecular flexibility index (Phi) is 10.8. The molecule has 0 aliphatic rings.